The lowest BCUT2D eigenvalue weighted by Gasteiger charge is -2.34. The number of carboxylic acid groups (broad SMARTS) is 1. The van der Waals surface area contributed by atoms with Crippen LogP contribution in [0, 0.1) is 0 Å². The molecule has 0 fully saturated rings. The van der Waals surface area contributed by atoms with Gasteiger partial charge in [0.2, 0.25) is 0 Å². The number of rotatable bonds is 5. The summed E-state index contributed by atoms with van der Waals surface area (Å²) in [6.07, 6.45) is 0.197. The molecule has 0 heterocycles. The summed E-state index contributed by atoms with van der Waals surface area (Å²) in [6, 6.07) is 2.40. The predicted molar refractivity (Wildman–Crippen MR) is 67.8 cm³/mol. The Kier molecular flexibility index (Phi) is 4.23. The lowest BCUT2D eigenvalue weighted by molar-refractivity contribution is -0.146. The van der Waals surface area contributed by atoms with Crippen LogP contribution >= 0.6 is 0 Å². The van der Waals surface area contributed by atoms with Gasteiger partial charge in [-0.3, -0.25) is 10.6 Å². The zero-order chi connectivity index (χ0) is 14.8. The van der Waals surface area contributed by atoms with Crippen molar-refractivity contribution < 1.29 is 25.2 Å². The molecule has 1 rings (SSSR count). The van der Waals surface area contributed by atoms with Gasteiger partial charge in [0.25, 0.3) is 0 Å². The van der Waals surface area contributed by atoms with Gasteiger partial charge in [0.15, 0.2) is 17.2 Å². The van der Waals surface area contributed by atoms with E-state index in [1.165, 1.54) is 12.1 Å². The van der Waals surface area contributed by atoms with Gasteiger partial charge in [0.1, 0.15) is 5.54 Å². The molecule has 0 aliphatic heterocycles. The fourth-order valence-corrected chi connectivity index (χ4v) is 2.09. The monoisotopic (exact) mass is 270 g/mol. The second-order valence-corrected chi connectivity index (χ2v) is 4.40. The van der Waals surface area contributed by atoms with Gasteiger partial charge >= 0.3 is 5.97 Å². The Bertz CT molecular complexity index is 462. The fourth-order valence-electron chi connectivity index (χ4n) is 2.09. The van der Waals surface area contributed by atoms with E-state index in [1.54, 1.807) is 13.8 Å². The van der Waals surface area contributed by atoms with Crippen molar-refractivity contribution in [2.45, 2.75) is 31.7 Å². The predicted octanol–water partition coefficient (Wildman–Crippen LogP) is 0.604. The molecular weight excluding hydrogens is 252 g/mol. The van der Waals surface area contributed by atoms with E-state index in [2.05, 4.69) is 5.43 Å². The van der Waals surface area contributed by atoms with Crippen LogP contribution in [0.3, 0.4) is 0 Å². The van der Waals surface area contributed by atoms with Crippen molar-refractivity contribution >= 4 is 5.97 Å². The molecule has 7 nitrogen and oxygen atoms in total. The molecule has 2 unspecified atom stereocenters. The first-order chi connectivity index (χ1) is 8.80. The van der Waals surface area contributed by atoms with E-state index in [-0.39, 0.29) is 6.42 Å². The molecule has 0 aliphatic rings. The third kappa shape index (κ3) is 2.42. The summed E-state index contributed by atoms with van der Waals surface area (Å²) >= 11 is 0. The molecule has 1 aromatic rings. The highest BCUT2D eigenvalue weighted by molar-refractivity contribution is 5.80. The second kappa shape index (κ2) is 5.33. The Morgan fingerprint density at radius 1 is 1.37 bits per heavy atom. The van der Waals surface area contributed by atoms with Crippen molar-refractivity contribution in [1.82, 2.24) is 5.43 Å². The molecule has 0 radical (unpaired) electrons. The Hall–Kier alpha value is -1.99. The summed E-state index contributed by atoms with van der Waals surface area (Å²) in [5.74, 6) is 1.89. The SMILES string of the molecule is CCC(NN)(C(=O)O)C(C)c1cc(O)c(O)c(O)c1. The van der Waals surface area contributed by atoms with Crippen LogP contribution in [0.4, 0.5) is 0 Å². The number of carboxylic acids is 1. The van der Waals surface area contributed by atoms with Crippen LogP contribution in [0.2, 0.25) is 0 Å². The van der Waals surface area contributed by atoms with Gasteiger partial charge in [-0.2, -0.15) is 0 Å². The number of hydrazine groups is 1. The van der Waals surface area contributed by atoms with Gasteiger partial charge in [-0.1, -0.05) is 13.8 Å². The summed E-state index contributed by atoms with van der Waals surface area (Å²) in [6.45, 7) is 3.26. The number of hydrogen-bond donors (Lipinski definition) is 6. The molecule has 0 aromatic heterocycles. The number of carbonyl (C=O) groups is 1. The first kappa shape index (κ1) is 15.1. The zero-order valence-corrected chi connectivity index (χ0v) is 10.7. The minimum absolute atomic E-state index is 0.197. The minimum atomic E-state index is -1.43. The summed E-state index contributed by atoms with van der Waals surface area (Å²) in [5, 5.41) is 37.6. The van der Waals surface area contributed by atoms with Gasteiger partial charge in [-0.15, -0.1) is 0 Å². The number of aromatic hydroxyl groups is 3. The molecule has 1 aromatic carbocycles. The number of aliphatic carboxylic acids is 1. The summed E-state index contributed by atoms with van der Waals surface area (Å²) in [4.78, 5) is 11.4. The number of phenols is 3. The smallest absolute Gasteiger partial charge is 0.325 e. The van der Waals surface area contributed by atoms with E-state index in [4.69, 9.17) is 5.84 Å². The van der Waals surface area contributed by atoms with Crippen LogP contribution in [0.25, 0.3) is 0 Å². The lowest BCUT2D eigenvalue weighted by atomic mass is 9.78. The van der Waals surface area contributed by atoms with Gasteiger partial charge in [-0.05, 0) is 24.1 Å². The molecule has 106 valence electrons. The molecular formula is C12H18N2O5. The highest BCUT2D eigenvalue weighted by Gasteiger charge is 2.42. The Labute approximate surface area is 110 Å². The summed E-state index contributed by atoms with van der Waals surface area (Å²) in [5.41, 5.74) is 1.20. The van der Waals surface area contributed by atoms with Gasteiger partial charge in [0, 0.05) is 5.92 Å². The normalized spacial score (nSPS) is 15.7. The Morgan fingerprint density at radius 2 is 1.84 bits per heavy atom. The molecule has 19 heavy (non-hydrogen) atoms. The number of hydrogen-bond acceptors (Lipinski definition) is 6. The van der Waals surface area contributed by atoms with E-state index in [9.17, 15) is 25.2 Å². The van der Waals surface area contributed by atoms with E-state index in [1.807, 2.05) is 0 Å². The van der Waals surface area contributed by atoms with Crippen molar-refractivity contribution in [3.63, 3.8) is 0 Å². The van der Waals surface area contributed by atoms with Crippen LogP contribution in [0.15, 0.2) is 12.1 Å². The summed E-state index contributed by atoms with van der Waals surface area (Å²) in [7, 11) is 0. The highest BCUT2D eigenvalue weighted by Crippen LogP contribution is 2.40. The molecule has 0 saturated carbocycles. The third-order valence-electron chi connectivity index (χ3n) is 3.53. The van der Waals surface area contributed by atoms with Crippen LogP contribution < -0.4 is 11.3 Å². The number of phenolic OH excluding ortho intramolecular Hbond substituents is 3. The molecule has 0 amide bonds. The number of nitrogens with one attached hydrogen (secondary N) is 1. The first-order valence-corrected chi connectivity index (χ1v) is 5.76. The fraction of sp³-hybridized carbons (Fsp3) is 0.417. The van der Waals surface area contributed by atoms with Crippen molar-refractivity contribution in [3.05, 3.63) is 17.7 Å². The maximum absolute atomic E-state index is 11.4. The molecule has 0 saturated heterocycles. The van der Waals surface area contributed by atoms with Crippen molar-refractivity contribution in [2.24, 2.45) is 5.84 Å². The number of benzene rings is 1. The van der Waals surface area contributed by atoms with Crippen LogP contribution in [-0.2, 0) is 4.79 Å². The van der Waals surface area contributed by atoms with Crippen molar-refractivity contribution in [1.29, 1.82) is 0 Å². The molecule has 0 aliphatic carbocycles. The average Bonchev–Trinajstić information content (AvgIpc) is 2.36. The molecule has 7 N–H and O–H groups in total. The molecule has 0 bridgehead atoms. The Balaban J connectivity index is 3.32. The van der Waals surface area contributed by atoms with Crippen LogP contribution in [0.1, 0.15) is 31.7 Å². The van der Waals surface area contributed by atoms with E-state index < -0.39 is 34.7 Å². The topological polar surface area (TPSA) is 136 Å². The summed E-state index contributed by atoms with van der Waals surface area (Å²) < 4.78 is 0. The molecule has 2 atom stereocenters. The maximum atomic E-state index is 11.4. The second-order valence-electron chi connectivity index (χ2n) is 4.40. The maximum Gasteiger partial charge on any atom is 0.325 e. The largest absolute Gasteiger partial charge is 0.504 e. The van der Waals surface area contributed by atoms with Gasteiger partial charge < -0.3 is 20.4 Å². The number of nitrogens with two attached hydrogens (primary N) is 1. The standard InChI is InChI=1S/C12H18N2O5/c1-3-12(14-13,11(18)19)6(2)7-4-8(15)10(17)9(16)5-7/h4-6,14-17H,3,13H2,1-2H3,(H,18,19). The van der Waals surface area contributed by atoms with Crippen molar-refractivity contribution in [2.75, 3.05) is 0 Å². The van der Waals surface area contributed by atoms with Crippen LogP contribution in [-0.4, -0.2) is 31.9 Å². The van der Waals surface area contributed by atoms with Crippen molar-refractivity contribution in [3.8, 4) is 17.2 Å². The third-order valence-corrected chi connectivity index (χ3v) is 3.53. The van der Waals surface area contributed by atoms with Gasteiger partial charge in [0.05, 0.1) is 0 Å². The quantitative estimate of drug-likeness (QED) is 0.262. The van der Waals surface area contributed by atoms with Crippen LogP contribution in [0.5, 0.6) is 17.2 Å². The Morgan fingerprint density at radius 3 is 2.16 bits per heavy atom. The highest BCUT2D eigenvalue weighted by atomic mass is 16.4. The minimum Gasteiger partial charge on any atom is -0.504 e. The van der Waals surface area contributed by atoms with E-state index >= 15 is 0 Å². The van der Waals surface area contributed by atoms with E-state index in [0.29, 0.717) is 5.56 Å². The molecule has 0 spiro atoms. The van der Waals surface area contributed by atoms with Gasteiger partial charge in [-0.25, -0.2) is 5.43 Å². The zero-order valence-electron chi connectivity index (χ0n) is 10.7. The first-order valence-electron chi connectivity index (χ1n) is 5.76. The van der Waals surface area contributed by atoms with E-state index in [0.717, 1.165) is 0 Å². The molecule has 7 heteroatoms. The average molecular weight is 270 g/mol. The lowest BCUT2D eigenvalue weighted by Crippen LogP contribution is -2.58.